The van der Waals surface area contributed by atoms with Crippen LogP contribution >= 0.6 is 0 Å². The summed E-state index contributed by atoms with van der Waals surface area (Å²) in [7, 11) is 0. The standard InChI is InChI=1S/C31H49N7O/c1-4-6-9-13-25(3)34-31-33-23-28(35-31)15-11-8-12-16-29-24-38(37-36-29)22-21-32-30(39)27-19-17-26(18-20-27)14-10-7-5-2/h17-20,23-25H,4-16,21-22H2,1-3H3,(H,32,39)(H2,33,34,35). The van der Waals surface area contributed by atoms with Crippen LogP contribution in [0.25, 0.3) is 0 Å². The number of hydrogen-bond donors (Lipinski definition) is 3. The number of imidazole rings is 1. The molecule has 0 aliphatic heterocycles. The van der Waals surface area contributed by atoms with Gasteiger partial charge in [-0.05, 0) is 69.6 Å². The first kappa shape index (κ1) is 30.4. The summed E-state index contributed by atoms with van der Waals surface area (Å²) >= 11 is 0. The Morgan fingerprint density at radius 3 is 2.49 bits per heavy atom. The highest BCUT2D eigenvalue weighted by atomic mass is 16.1. The third-order valence-corrected chi connectivity index (χ3v) is 7.13. The fourth-order valence-corrected chi connectivity index (χ4v) is 4.71. The summed E-state index contributed by atoms with van der Waals surface area (Å²) < 4.78 is 1.81. The van der Waals surface area contributed by atoms with E-state index in [1.807, 2.05) is 29.2 Å². The maximum Gasteiger partial charge on any atom is 0.251 e. The number of carbonyl (C=O) groups excluding carboxylic acids is 1. The predicted molar refractivity (Wildman–Crippen MR) is 159 cm³/mol. The van der Waals surface area contributed by atoms with Crippen molar-refractivity contribution in [2.24, 2.45) is 0 Å². The Bertz CT molecular complexity index is 1070. The van der Waals surface area contributed by atoms with Crippen molar-refractivity contribution in [2.75, 3.05) is 11.9 Å². The number of amides is 1. The Morgan fingerprint density at radius 2 is 1.69 bits per heavy atom. The van der Waals surface area contributed by atoms with Crippen LogP contribution in [0.1, 0.15) is 112 Å². The first-order valence-electron chi connectivity index (χ1n) is 15.1. The lowest BCUT2D eigenvalue weighted by Gasteiger charge is -2.12. The molecule has 8 heteroatoms. The first-order valence-corrected chi connectivity index (χ1v) is 15.1. The van der Waals surface area contributed by atoms with Crippen molar-refractivity contribution in [3.05, 3.63) is 59.2 Å². The fourth-order valence-electron chi connectivity index (χ4n) is 4.71. The van der Waals surface area contributed by atoms with Gasteiger partial charge in [0.05, 0.1) is 18.4 Å². The molecule has 0 radical (unpaired) electrons. The van der Waals surface area contributed by atoms with Crippen LogP contribution in [0.3, 0.4) is 0 Å². The second kappa shape index (κ2) is 17.4. The lowest BCUT2D eigenvalue weighted by atomic mass is 10.1. The molecule has 0 saturated carbocycles. The molecule has 3 N–H and O–H groups in total. The van der Waals surface area contributed by atoms with Gasteiger partial charge in [0.2, 0.25) is 5.95 Å². The van der Waals surface area contributed by atoms with Crippen LogP contribution in [0.2, 0.25) is 0 Å². The molecule has 0 saturated heterocycles. The van der Waals surface area contributed by atoms with Gasteiger partial charge in [0.1, 0.15) is 0 Å². The van der Waals surface area contributed by atoms with Crippen molar-refractivity contribution in [3.8, 4) is 0 Å². The summed E-state index contributed by atoms with van der Waals surface area (Å²) in [4.78, 5) is 20.4. The van der Waals surface area contributed by atoms with Crippen molar-refractivity contribution in [1.82, 2.24) is 30.3 Å². The monoisotopic (exact) mass is 535 g/mol. The second-order valence-corrected chi connectivity index (χ2v) is 10.7. The van der Waals surface area contributed by atoms with E-state index in [1.165, 1.54) is 56.2 Å². The van der Waals surface area contributed by atoms with E-state index in [0.29, 0.717) is 24.7 Å². The number of rotatable bonds is 20. The SMILES string of the molecule is CCCCCc1ccc(C(=O)NCCn2cc(CCCCCc3cnc(NC(C)CCCCC)[nH]3)nn2)cc1. The molecule has 8 nitrogen and oxygen atoms in total. The minimum Gasteiger partial charge on any atom is -0.353 e. The van der Waals surface area contributed by atoms with E-state index in [4.69, 9.17) is 0 Å². The minimum absolute atomic E-state index is 0.0444. The molecule has 0 aliphatic carbocycles. The van der Waals surface area contributed by atoms with Gasteiger partial charge in [0, 0.05) is 30.0 Å². The Morgan fingerprint density at radius 1 is 0.949 bits per heavy atom. The molecule has 1 aromatic carbocycles. The van der Waals surface area contributed by atoms with Crippen LogP contribution in [0.15, 0.2) is 36.7 Å². The third kappa shape index (κ3) is 11.6. The molecule has 2 aromatic heterocycles. The number of aromatic nitrogens is 5. The zero-order valence-electron chi connectivity index (χ0n) is 24.3. The second-order valence-electron chi connectivity index (χ2n) is 10.7. The van der Waals surface area contributed by atoms with E-state index < -0.39 is 0 Å². The predicted octanol–water partition coefficient (Wildman–Crippen LogP) is 6.50. The molecule has 39 heavy (non-hydrogen) atoms. The number of H-pyrrole nitrogens is 1. The Balaban J connectivity index is 1.26. The number of unbranched alkanes of at least 4 members (excludes halogenated alkanes) is 6. The van der Waals surface area contributed by atoms with Gasteiger partial charge >= 0.3 is 0 Å². The normalized spacial score (nSPS) is 12.0. The number of benzene rings is 1. The zero-order chi connectivity index (χ0) is 27.7. The summed E-state index contributed by atoms with van der Waals surface area (Å²) in [5, 5.41) is 15.0. The Hall–Kier alpha value is -3.16. The maximum atomic E-state index is 12.4. The molecule has 214 valence electrons. The van der Waals surface area contributed by atoms with E-state index in [1.54, 1.807) is 0 Å². The van der Waals surface area contributed by atoms with Crippen molar-refractivity contribution in [2.45, 2.75) is 117 Å². The van der Waals surface area contributed by atoms with E-state index in [9.17, 15) is 4.79 Å². The molecular formula is C31H49N7O. The van der Waals surface area contributed by atoms with Gasteiger partial charge in [-0.2, -0.15) is 0 Å². The topological polar surface area (TPSA) is 101 Å². The molecule has 1 atom stereocenters. The van der Waals surface area contributed by atoms with Crippen molar-refractivity contribution in [3.63, 3.8) is 0 Å². The maximum absolute atomic E-state index is 12.4. The van der Waals surface area contributed by atoms with Crippen LogP contribution in [-0.4, -0.2) is 43.5 Å². The summed E-state index contributed by atoms with van der Waals surface area (Å²) in [6, 6.07) is 8.41. The number of carbonyl (C=O) groups is 1. The summed E-state index contributed by atoms with van der Waals surface area (Å²) in [6.07, 6.45) is 18.9. The molecule has 0 spiro atoms. The number of hydrogen-bond acceptors (Lipinski definition) is 5. The van der Waals surface area contributed by atoms with Gasteiger partial charge in [0.15, 0.2) is 0 Å². The molecule has 0 bridgehead atoms. The van der Waals surface area contributed by atoms with E-state index in [0.717, 1.165) is 50.2 Å². The molecule has 1 unspecified atom stereocenters. The zero-order valence-corrected chi connectivity index (χ0v) is 24.3. The number of aryl methyl sites for hydroxylation is 3. The largest absolute Gasteiger partial charge is 0.353 e. The van der Waals surface area contributed by atoms with Gasteiger partial charge in [-0.15, -0.1) is 5.10 Å². The number of nitrogens with zero attached hydrogens (tertiary/aromatic N) is 4. The van der Waals surface area contributed by atoms with Gasteiger partial charge in [-0.3, -0.25) is 9.48 Å². The molecule has 3 aromatic rings. The third-order valence-electron chi connectivity index (χ3n) is 7.13. The van der Waals surface area contributed by atoms with Crippen LogP contribution in [-0.2, 0) is 25.8 Å². The van der Waals surface area contributed by atoms with Gasteiger partial charge in [0.25, 0.3) is 5.91 Å². The van der Waals surface area contributed by atoms with Gasteiger partial charge in [-0.25, -0.2) is 4.98 Å². The van der Waals surface area contributed by atoms with E-state index in [-0.39, 0.29) is 5.91 Å². The number of aromatic amines is 1. The smallest absolute Gasteiger partial charge is 0.251 e. The van der Waals surface area contributed by atoms with Crippen LogP contribution < -0.4 is 10.6 Å². The van der Waals surface area contributed by atoms with Crippen molar-refractivity contribution >= 4 is 11.9 Å². The quantitative estimate of drug-likeness (QED) is 0.143. The molecule has 2 heterocycles. The molecule has 0 fully saturated rings. The highest BCUT2D eigenvalue weighted by Crippen LogP contribution is 2.12. The Kier molecular flexibility index (Phi) is 13.6. The minimum atomic E-state index is -0.0444. The van der Waals surface area contributed by atoms with E-state index in [2.05, 4.69) is 63.8 Å². The molecule has 0 aliphatic rings. The van der Waals surface area contributed by atoms with Gasteiger partial charge < -0.3 is 15.6 Å². The lowest BCUT2D eigenvalue weighted by Crippen LogP contribution is -2.27. The van der Waals surface area contributed by atoms with Crippen LogP contribution in [0.4, 0.5) is 5.95 Å². The van der Waals surface area contributed by atoms with Gasteiger partial charge in [-0.1, -0.05) is 69.7 Å². The van der Waals surface area contributed by atoms with Crippen LogP contribution in [0, 0.1) is 0 Å². The summed E-state index contributed by atoms with van der Waals surface area (Å²) in [5.74, 6) is 0.842. The van der Waals surface area contributed by atoms with Crippen molar-refractivity contribution in [1.29, 1.82) is 0 Å². The summed E-state index contributed by atoms with van der Waals surface area (Å²) in [6.45, 7) is 7.81. The summed E-state index contributed by atoms with van der Waals surface area (Å²) in [5.41, 5.74) is 4.19. The van der Waals surface area contributed by atoms with Crippen molar-refractivity contribution < 1.29 is 4.79 Å². The average Bonchev–Trinajstić information content (AvgIpc) is 3.58. The molecule has 3 rings (SSSR count). The van der Waals surface area contributed by atoms with E-state index >= 15 is 0 Å². The number of anilines is 1. The Labute approximate surface area is 234 Å². The molecule has 1 amide bonds. The highest BCUT2D eigenvalue weighted by Gasteiger charge is 2.08. The highest BCUT2D eigenvalue weighted by molar-refractivity contribution is 5.94. The average molecular weight is 536 g/mol. The first-order chi connectivity index (χ1) is 19.1. The van der Waals surface area contributed by atoms with Crippen LogP contribution in [0.5, 0.6) is 0 Å². The lowest BCUT2D eigenvalue weighted by molar-refractivity contribution is 0.0952. The fraction of sp³-hybridized carbons (Fsp3) is 0.613. The number of nitrogens with one attached hydrogen (secondary N) is 3. The molecular weight excluding hydrogens is 486 g/mol.